The van der Waals surface area contributed by atoms with Crippen LogP contribution in [0.4, 0.5) is 0 Å². The maximum Gasteiger partial charge on any atom is 0.0776 e. The number of rotatable bonds is 5. The highest BCUT2D eigenvalue weighted by molar-refractivity contribution is 6.89. The molecule has 9 aromatic rings. The molecule has 0 unspecified atom stereocenters. The Balaban J connectivity index is 1.13. The molecule has 0 radical (unpaired) electrons. The largest absolute Gasteiger partial charge is 0.354 e. The van der Waals surface area contributed by atoms with Crippen LogP contribution in [0.25, 0.3) is 82.7 Å². The minimum absolute atomic E-state index is 1.03. The number of hydrogen-bond donors (Lipinski definition) is 1. The molecule has 3 heterocycles. The number of nitrogens with zero attached hydrogens (tertiary/aromatic N) is 2. The molecule has 0 fully saturated rings. The molecule has 0 aliphatic heterocycles. The summed E-state index contributed by atoms with van der Waals surface area (Å²) in [5.41, 5.74) is 21.6. The van der Waals surface area contributed by atoms with Gasteiger partial charge in [-0.1, -0.05) is 110 Å². The van der Waals surface area contributed by atoms with Gasteiger partial charge in [0.1, 0.15) is 0 Å². The van der Waals surface area contributed by atoms with E-state index in [4.69, 9.17) is 0 Å². The zero-order valence-electron chi connectivity index (χ0n) is 34.2. The van der Waals surface area contributed by atoms with Crippen molar-refractivity contribution >= 4 is 70.1 Å². The van der Waals surface area contributed by atoms with Crippen molar-refractivity contribution in [2.75, 3.05) is 0 Å². The van der Waals surface area contributed by atoms with E-state index in [1.807, 2.05) is 6.20 Å². The average Bonchev–Trinajstić information content (AvgIpc) is 3.74. The Morgan fingerprint density at radius 1 is 0.544 bits per heavy atom. The molecule has 2 aliphatic rings. The highest BCUT2D eigenvalue weighted by Crippen LogP contribution is 2.50. The Hall–Kier alpha value is -5.50. The minimum Gasteiger partial charge on any atom is -0.354 e. The summed E-state index contributed by atoms with van der Waals surface area (Å²) in [5, 5.41) is 8.43. The van der Waals surface area contributed by atoms with Gasteiger partial charge in [0.2, 0.25) is 0 Å². The lowest BCUT2D eigenvalue weighted by Crippen LogP contribution is -2.37. The lowest BCUT2D eigenvalue weighted by Gasteiger charge is -2.31. The first-order valence-corrected chi connectivity index (χ1v) is 27.8. The van der Waals surface area contributed by atoms with Crippen LogP contribution in [0.15, 0.2) is 115 Å². The SMILES string of the molecule is Cc1cc(-n2c3ccc(-c4cccc([Si](C)(C)C)c4)cc3c3cc4c5c(c32)CCc2cc3c([nH]c6ccc(-c7cccc([Si](C)(C)C)c7)cc63)c(c2-5)CC4)ccn1. The van der Waals surface area contributed by atoms with E-state index in [1.54, 1.807) is 0 Å². The van der Waals surface area contributed by atoms with Crippen LogP contribution < -0.4 is 10.4 Å². The molecule has 2 aliphatic carbocycles. The summed E-state index contributed by atoms with van der Waals surface area (Å²) in [5.74, 6) is 0. The molecule has 0 bridgehead atoms. The summed E-state index contributed by atoms with van der Waals surface area (Å²) in [6.07, 6.45) is 6.14. The van der Waals surface area contributed by atoms with E-state index in [-0.39, 0.29) is 0 Å². The second-order valence-electron chi connectivity index (χ2n) is 18.9. The average molecular weight is 772 g/mol. The van der Waals surface area contributed by atoms with E-state index in [0.717, 1.165) is 31.4 Å². The Kier molecular flexibility index (Phi) is 7.47. The number of hydrogen-bond acceptors (Lipinski definition) is 1. The number of aromatic amines is 1. The van der Waals surface area contributed by atoms with Crippen molar-refractivity contribution in [3.63, 3.8) is 0 Å². The monoisotopic (exact) mass is 771 g/mol. The van der Waals surface area contributed by atoms with E-state index in [2.05, 4.69) is 170 Å². The highest BCUT2D eigenvalue weighted by Gasteiger charge is 2.32. The number of nitrogens with one attached hydrogen (secondary N) is 1. The number of aryl methyl sites for hydroxylation is 5. The smallest absolute Gasteiger partial charge is 0.0776 e. The third-order valence-corrected chi connectivity index (χ3v) is 17.2. The molecular weight excluding hydrogens is 723 g/mol. The van der Waals surface area contributed by atoms with E-state index in [9.17, 15) is 0 Å². The number of aromatic nitrogens is 3. The Bertz CT molecular complexity index is 3160. The molecule has 6 aromatic carbocycles. The molecule has 0 saturated heterocycles. The lowest BCUT2D eigenvalue weighted by molar-refractivity contribution is 0.885. The first kappa shape index (κ1) is 34.7. The maximum atomic E-state index is 4.61. The Labute approximate surface area is 337 Å². The van der Waals surface area contributed by atoms with Crippen LogP contribution in [0, 0.1) is 6.92 Å². The van der Waals surface area contributed by atoms with Gasteiger partial charge in [0, 0.05) is 44.6 Å². The zero-order chi connectivity index (χ0) is 39.0. The zero-order valence-corrected chi connectivity index (χ0v) is 36.2. The number of pyridine rings is 1. The molecule has 5 heteroatoms. The van der Waals surface area contributed by atoms with Crippen LogP contribution in [-0.2, 0) is 25.7 Å². The van der Waals surface area contributed by atoms with Gasteiger partial charge < -0.3 is 9.55 Å². The molecular formula is C52H49N3Si2. The maximum absolute atomic E-state index is 4.61. The van der Waals surface area contributed by atoms with Crippen molar-refractivity contribution in [1.29, 1.82) is 0 Å². The third-order valence-electron chi connectivity index (χ3n) is 13.1. The van der Waals surface area contributed by atoms with Gasteiger partial charge in [0.25, 0.3) is 0 Å². The predicted molar refractivity (Wildman–Crippen MR) is 250 cm³/mol. The molecule has 0 amide bonds. The minimum atomic E-state index is -1.46. The quantitative estimate of drug-likeness (QED) is 0.174. The molecule has 0 atom stereocenters. The van der Waals surface area contributed by atoms with Crippen molar-refractivity contribution in [2.45, 2.75) is 71.9 Å². The van der Waals surface area contributed by atoms with Crippen LogP contribution in [0.5, 0.6) is 0 Å². The van der Waals surface area contributed by atoms with E-state index < -0.39 is 16.1 Å². The fraction of sp³-hybridized carbons (Fsp3) is 0.212. The first-order valence-electron chi connectivity index (χ1n) is 20.8. The molecule has 57 heavy (non-hydrogen) atoms. The topological polar surface area (TPSA) is 33.6 Å². The molecule has 1 N–H and O–H groups in total. The number of fused-ring (bicyclic) bond motifs is 8. The summed E-state index contributed by atoms with van der Waals surface area (Å²) in [4.78, 5) is 8.57. The molecule has 3 aromatic heterocycles. The van der Waals surface area contributed by atoms with Crippen molar-refractivity contribution in [3.8, 4) is 39.1 Å². The van der Waals surface area contributed by atoms with Gasteiger partial charge in [-0.3, -0.25) is 4.98 Å². The Morgan fingerprint density at radius 3 is 1.81 bits per heavy atom. The molecule has 3 nitrogen and oxygen atoms in total. The molecule has 0 spiro atoms. The van der Waals surface area contributed by atoms with E-state index in [0.29, 0.717) is 0 Å². The number of H-pyrrole nitrogens is 1. The van der Waals surface area contributed by atoms with Crippen LogP contribution in [0.1, 0.15) is 27.9 Å². The summed E-state index contributed by atoms with van der Waals surface area (Å²) >= 11 is 0. The highest BCUT2D eigenvalue weighted by atomic mass is 28.3. The molecule has 11 rings (SSSR count). The van der Waals surface area contributed by atoms with Crippen LogP contribution in [0.3, 0.4) is 0 Å². The van der Waals surface area contributed by atoms with Crippen LogP contribution >= 0.6 is 0 Å². The third kappa shape index (κ3) is 5.39. The van der Waals surface area contributed by atoms with Gasteiger partial charge in [0.05, 0.1) is 32.7 Å². The normalized spacial score (nSPS) is 13.9. The van der Waals surface area contributed by atoms with E-state index >= 15 is 0 Å². The van der Waals surface area contributed by atoms with Gasteiger partial charge in [-0.25, -0.2) is 0 Å². The standard InChI is InChI=1S/C52H49N3Si2/c1-31-24-38(22-23-53-31)55-48-21-17-35(33-11-9-13-40(26-33)57(5,6)7)28-44(48)46-30-37-14-18-41-49-36(15-19-42(50(37)49)52(46)55)29-45-43-27-34(16-20-47(43)54-51(41)45)32-10-8-12-39(25-32)56(2,3)4/h8-13,16-17,20-30,54H,14-15,18-19H2,1-7H3. The summed E-state index contributed by atoms with van der Waals surface area (Å²) in [7, 11) is -2.88. The predicted octanol–water partition coefficient (Wildman–Crippen LogP) is 12.4. The van der Waals surface area contributed by atoms with Crippen LogP contribution in [-0.4, -0.2) is 30.7 Å². The van der Waals surface area contributed by atoms with Crippen LogP contribution in [0.2, 0.25) is 39.3 Å². The van der Waals surface area contributed by atoms with Crippen molar-refractivity contribution in [1.82, 2.24) is 14.5 Å². The lowest BCUT2D eigenvalue weighted by atomic mass is 9.74. The van der Waals surface area contributed by atoms with Crippen molar-refractivity contribution in [3.05, 3.63) is 143 Å². The van der Waals surface area contributed by atoms with Gasteiger partial charge in [-0.2, -0.15) is 0 Å². The summed E-state index contributed by atoms with van der Waals surface area (Å²) < 4.78 is 2.55. The van der Waals surface area contributed by atoms with Crippen molar-refractivity contribution in [2.24, 2.45) is 0 Å². The van der Waals surface area contributed by atoms with Gasteiger partial charge in [-0.05, 0) is 137 Å². The van der Waals surface area contributed by atoms with Crippen molar-refractivity contribution < 1.29 is 0 Å². The second kappa shape index (κ2) is 12.3. The fourth-order valence-electron chi connectivity index (χ4n) is 10.1. The summed E-state index contributed by atoms with van der Waals surface area (Å²) in [6, 6.07) is 42.4. The fourth-order valence-corrected chi connectivity index (χ4v) is 12.5. The van der Waals surface area contributed by atoms with Gasteiger partial charge in [-0.15, -0.1) is 0 Å². The molecule has 280 valence electrons. The Morgan fingerprint density at radius 2 is 1.14 bits per heavy atom. The first-order chi connectivity index (χ1) is 27.4. The summed E-state index contributed by atoms with van der Waals surface area (Å²) in [6.45, 7) is 16.7. The van der Waals surface area contributed by atoms with Gasteiger partial charge in [0.15, 0.2) is 0 Å². The van der Waals surface area contributed by atoms with Gasteiger partial charge >= 0.3 is 0 Å². The second-order valence-corrected chi connectivity index (χ2v) is 29.0. The molecule has 0 saturated carbocycles. The number of benzene rings is 6. The van der Waals surface area contributed by atoms with E-state index in [1.165, 1.54) is 115 Å².